The number of ether oxygens (including phenoxy) is 3. The molecule has 6 heteroatoms. The summed E-state index contributed by atoms with van der Waals surface area (Å²) in [7, 11) is 0. The maximum Gasteiger partial charge on any atom is 0.306 e. The monoisotopic (exact) mass is 989 g/mol. The van der Waals surface area contributed by atoms with E-state index in [1.54, 1.807) is 0 Å². The SMILES string of the molecule is CC/C=C\C/C=C\C/C=C\C/C=C\C/C=C\C/C=C\CCCCCCCCCCCCCCC(=O)OCC(COC(=O)CCCCCCC)OC(=O)CCCCCCCCC/C=C\CCCCCCCC. The van der Waals surface area contributed by atoms with Crippen molar-refractivity contribution in [3.05, 3.63) is 85.1 Å². The molecule has 0 aromatic heterocycles. The van der Waals surface area contributed by atoms with E-state index in [1.807, 2.05) is 0 Å². The van der Waals surface area contributed by atoms with Crippen molar-refractivity contribution >= 4 is 17.9 Å². The van der Waals surface area contributed by atoms with Gasteiger partial charge >= 0.3 is 17.9 Å². The molecule has 0 aliphatic carbocycles. The molecule has 0 amide bonds. The van der Waals surface area contributed by atoms with Crippen molar-refractivity contribution in [2.75, 3.05) is 13.2 Å². The van der Waals surface area contributed by atoms with E-state index in [2.05, 4.69) is 106 Å². The van der Waals surface area contributed by atoms with Crippen LogP contribution in [-0.4, -0.2) is 37.2 Å². The van der Waals surface area contributed by atoms with Gasteiger partial charge in [0.25, 0.3) is 0 Å². The average molecular weight is 990 g/mol. The number of unbranched alkanes of at least 4 members (excludes halogenated alkanes) is 29. The molecule has 1 unspecified atom stereocenters. The number of hydrogen-bond donors (Lipinski definition) is 0. The van der Waals surface area contributed by atoms with E-state index in [4.69, 9.17) is 14.2 Å². The van der Waals surface area contributed by atoms with Crippen LogP contribution in [0.4, 0.5) is 0 Å². The largest absolute Gasteiger partial charge is 0.462 e. The highest BCUT2D eigenvalue weighted by atomic mass is 16.6. The molecule has 0 saturated heterocycles. The van der Waals surface area contributed by atoms with Crippen LogP contribution in [0.15, 0.2) is 85.1 Å². The van der Waals surface area contributed by atoms with Crippen LogP contribution in [0, 0.1) is 0 Å². The number of esters is 3. The van der Waals surface area contributed by atoms with Crippen molar-refractivity contribution in [2.24, 2.45) is 0 Å². The van der Waals surface area contributed by atoms with Gasteiger partial charge in [-0.3, -0.25) is 14.4 Å². The first-order chi connectivity index (χ1) is 35.0. The number of rotatable bonds is 54. The second kappa shape index (κ2) is 59.2. The average Bonchev–Trinajstić information content (AvgIpc) is 3.37. The zero-order chi connectivity index (χ0) is 51.4. The Hall–Kier alpha value is -3.41. The van der Waals surface area contributed by atoms with Gasteiger partial charge in [0.1, 0.15) is 13.2 Å². The fourth-order valence-electron chi connectivity index (χ4n) is 8.38. The van der Waals surface area contributed by atoms with Crippen molar-refractivity contribution in [3.63, 3.8) is 0 Å². The Bertz CT molecular complexity index is 1370. The zero-order valence-electron chi connectivity index (χ0n) is 46.7. The van der Waals surface area contributed by atoms with Crippen LogP contribution in [0.1, 0.15) is 290 Å². The number of carbonyl (C=O) groups is 3. The molecule has 0 spiro atoms. The van der Waals surface area contributed by atoms with E-state index in [0.29, 0.717) is 19.3 Å². The van der Waals surface area contributed by atoms with E-state index >= 15 is 0 Å². The van der Waals surface area contributed by atoms with E-state index in [-0.39, 0.29) is 31.1 Å². The molecule has 1 atom stereocenters. The lowest BCUT2D eigenvalue weighted by molar-refractivity contribution is -0.167. The Morgan fingerprint density at radius 3 is 0.873 bits per heavy atom. The van der Waals surface area contributed by atoms with Crippen LogP contribution in [0.3, 0.4) is 0 Å². The highest BCUT2D eigenvalue weighted by Gasteiger charge is 2.19. The van der Waals surface area contributed by atoms with Crippen molar-refractivity contribution in [1.82, 2.24) is 0 Å². The molecular weight excluding hydrogens is 877 g/mol. The maximum absolute atomic E-state index is 12.8. The van der Waals surface area contributed by atoms with Crippen LogP contribution >= 0.6 is 0 Å². The Morgan fingerprint density at radius 1 is 0.296 bits per heavy atom. The Kier molecular flexibility index (Phi) is 56.3. The highest BCUT2D eigenvalue weighted by Crippen LogP contribution is 2.16. The molecule has 0 aromatic rings. The van der Waals surface area contributed by atoms with Crippen molar-refractivity contribution in [2.45, 2.75) is 297 Å². The van der Waals surface area contributed by atoms with Crippen molar-refractivity contribution in [1.29, 1.82) is 0 Å². The minimum absolute atomic E-state index is 0.0773. The summed E-state index contributed by atoms with van der Waals surface area (Å²) in [4.78, 5) is 37.8. The summed E-state index contributed by atoms with van der Waals surface area (Å²) in [6.07, 6.45) is 77.7. The van der Waals surface area contributed by atoms with Crippen molar-refractivity contribution < 1.29 is 28.6 Å². The molecule has 0 aliphatic heterocycles. The minimum atomic E-state index is -0.774. The molecule has 6 nitrogen and oxygen atoms in total. The number of hydrogen-bond acceptors (Lipinski definition) is 6. The summed E-state index contributed by atoms with van der Waals surface area (Å²) in [5.41, 5.74) is 0. The molecule has 71 heavy (non-hydrogen) atoms. The molecule has 0 bridgehead atoms. The van der Waals surface area contributed by atoms with E-state index in [0.717, 1.165) is 103 Å². The second-order valence-electron chi connectivity index (χ2n) is 19.9. The van der Waals surface area contributed by atoms with Crippen molar-refractivity contribution in [3.8, 4) is 0 Å². The molecule has 0 radical (unpaired) electrons. The van der Waals surface area contributed by atoms with Crippen LogP contribution in [0.25, 0.3) is 0 Å². The quantitative estimate of drug-likeness (QED) is 0.0261. The number of carbonyl (C=O) groups excluding carboxylic acids is 3. The summed E-state index contributed by atoms with van der Waals surface area (Å²) < 4.78 is 16.7. The molecule has 408 valence electrons. The molecule has 0 rings (SSSR count). The first-order valence-electron chi connectivity index (χ1n) is 30.1. The molecule has 0 aliphatic rings. The van der Waals surface area contributed by atoms with Gasteiger partial charge in [-0.1, -0.05) is 260 Å². The van der Waals surface area contributed by atoms with Crippen LogP contribution < -0.4 is 0 Å². The predicted molar refractivity (Wildman–Crippen MR) is 307 cm³/mol. The first-order valence-corrected chi connectivity index (χ1v) is 30.1. The van der Waals surface area contributed by atoms with Gasteiger partial charge in [0, 0.05) is 19.3 Å². The van der Waals surface area contributed by atoms with E-state index in [1.165, 1.54) is 148 Å². The zero-order valence-corrected chi connectivity index (χ0v) is 46.7. The Balaban J connectivity index is 4.03. The lowest BCUT2D eigenvalue weighted by atomic mass is 10.0. The fourth-order valence-corrected chi connectivity index (χ4v) is 8.38. The lowest BCUT2D eigenvalue weighted by Crippen LogP contribution is -2.30. The number of allylic oxidation sites excluding steroid dienone is 14. The Labute approximate surface area is 439 Å². The summed E-state index contributed by atoms with van der Waals surface area (Å²) in [6.45, 7) is 6.45. The summed E-state index contributed by atoms with van der Waals surface area (Å²) in [5.74, 6) is -0.890. The van der Waals surface area contributed by atoms with Gasteiger partial charge in [-0.2, -0.15) is 0 Å². The molecule has 0 aromatic carbocycles. The van der Waals surface area contributed by atoms with Gasteiger partial charge in [-0.05, 0) is 96.3 Å². The highest BCUT2D eigenvalue weighted by molar-refractivity contribution is 5.71. The minimum Gasteiger partial charge on any atom is -0.462 e. The molecule has 0 saturated carbocycles. The molecule has 0 N–H and O–H groups in total. The maximum atomic E-state index is 12.8. The molecular formula is C65H112O6. The van der Waals surface area contributed by atoms with Gasteiger partial charge in [-0.15, -0.1) is 0 Å². The standard InChI is InChI=1S/C65H112O6/c1-4-7-10-13-15-17-19-21-23-25-26-27-28-29-30-31-32-33-34-35-36-37-38-40-41-43-45-47-49-52-55-58-64(67)70-61-62(60-69-63(66)57-54-51-12-9-6-3)71-65(68)59-56-53-50-48-46-44-42-39-24-22-20-18-16-14-11-8-5-2/h7,10,15,17,21-24,26-27,29-30,32-33,62H,4-6,8-9,11-14,16,18-20,25,28,31,34-61H2,1-3H3/b10-7-,17-15-,23-21-,24-22-,27-26-,30-29-,33-32-. The van der Waals surface area contributed by atoms with Gasteiger partial charge in [0.2, 0.25) is 0 Å². The summed E-state index contributed by atoms with van der Waals surface area (Å²) in [5, 5.41) is 0. The smallest absolute Gasteiger partial charge is 0.306 e. The second-order valence-corrected chi connectivity index (χ2v) is 19.9. The van der Waals surface area contributed by atoms with Crippen LogP contribution in [-0.2, 0) is 28.6 Å². The van der Waals surface area contributed by atoms with Crippen LogP contribution in [0.2, 0.25) is 0 Å². The predicted octanol–water partition coefficient (Wildman–Crippen LogP) is 20.3. The fraction of sp³-hybridized carbons (Fsp3) is 0.738. The third-order valence-corrected chi connectivity index (χ3v) is 12.9. The Morgan fingerprint density at radius 2 is 0.549 bits per heavy atom. The summed E-state index contributed by atoms with van der Waals surface area (Å²) in [6, 6.07) is 0. The molecule has 0 fully saturated rings. The third kappa shape index (κ3) is 57.4. The van der Waals surface area contributed by atoms with E-state index in [9.17, 15) is 14.4 Å². The van der Waals surface area contributed by atoms with Gasteiger partial charge in [-0.25, -0.2) is 0 Å². The van der Waals surface area contributed by atoms with E-state index < -0.39 is 6.10 Å². The van der Waals surface area contributed by atoms with Gasteiger partial charge in [0.05, 0.1) is 0 Å². The summed E-state index contributed by atoms with van der Waals surface area (Å²) >= 11 is 0. The normalized spacial score (nSPS) is 12.7. The first kappa shape index (κ1) is 67.6. The topological polar surface area (TPSA) is 78.9 Å². The third-order valence-electron chi connectivity index (χ3n) is 12.9. The van der Waals surface area contributed by atoms with Gasteiger partial charge in [0.15, 0.2) is 6.10 Å². The molecule has 0 heterocycles. The lowest BCUT2D eigenvalue weighted by Gasteiger charge is -2.18. The van der Waals surface area contributed by atoms with Crippen LogP contribution in [0.5, 0.6) is 0 Å². The van der Waals surface area contributed by atoms with Gasteiger partial charge < -0.3 is 14.2 Å².